The van der Waals surface area contributed by atoms with Gasteiger partial charge in [-0.15, -0.1) is 0 Å². The molecular weight excluding hydrogens is 220 g/mol. The maximum Gasteiger partial charge on any atom is 0.0512 e. The molecule has 1 N–H and O–H groups in total. The number of aromatic nitrogens is 1. The van der Waals surface area contributed by atoms with Gasteiger partial charge in [0.2, 0.25) is 0 Å². The number of nitrogens with one attached hydrogen (secondary N) is 1. The molecule has 0 saturated carbocycles. The summed E-state index contributed by atoms with van der Waals surface area (Å²) in [5.41, 5.74) is 5.59. The van der Waals surface area contributed by atoms with Crippen LogP contribution in [0.3, 0.4) is 0 Å². The van der Waals surface area contributed by atoms with Gasteiger partial charge < -0.3 is 9.88 Å². The molecule has 2 aromatic rings. The number of rotatable bonds is 4. The van der Waals surface area contributed by atoms with Crippen LogP contribution in [0.15, 0.2) is 18.3 Å². The zero-order valence-corrected chi connectivity index (χ0v) is 12.2. The standard InChI is InChI=1S/C16H24N2/c1-11(2)17-9-8-14-10-18(5)16-13(4)7-6-12(3)15(14)16/h6-7,10-11,17H,8-9H2,1-5H3. The quantitative estimate of drug-likeness (QED) is 0.873. The minimum atomic E-state index is 0.558. The molecule has 0 radical (unpaired) electrons. The van der Waals surface area contributed by atoms with Crippen molar-refractivity contribution in [1.29, 1.82) is 0 Å². The van der Waals surface area contributed by atoms with Crippen LogP contribution in [-0.2, 0) is 13.5 Å². The molecule has 2 heteroatoms. The lowest BCUT2D eigenvalue weighted by molar-refractivity contribution is 0.591. The Labute approximate surface area is 110 Å². The minimum Gasteiger partial charge on any atom is -0.350 e. The molecule has 98 valence electrons. The van der Waals surface area contributed by atoms with Gasteiger partial charge in [0.05, 0.1) is 5.52 Å². The Balaban J connectivity index is 2.37. The third kappa shape index (κ3) is 2.44. The van der Waals surface area contributed by atoms with E-state index in [2.05, 4.69) is 63.0 Å². The van der Waals surface area contributed by atoms with Crippen molar-refractivity contribution in [2.45, 2.75) is 40.2 Å². The summed E-state index contributed by atoms with van der Waals surface area (Å²) >= 11 is 0. The van der Waals surface area contributed by atoms with Gasteiger partial charge in [0.15, 0.2) is 0 Å². The zero-order valence-electron chi connectivity index (χ0n) is 12.2. The lowest BCUT2D eigenvalue weighted by atomic mass is 10.0. The van der Waals surface area contributed by atoms with Crippen LogP contribution >= 0.6 is 0 Å². The monoisotopic (exact) mass is 244 g/mol. The Kier molecular flexibility index (Phi) is 3.76. The summed E-state index contributed by atoms with van der Waals surface area (Å²) in [5.74, 6) is 0. The summed E-state index contributed by atoms with van der Waals surface area (Å²) < 4.78 is 2.27. The summed E-state index contributed by atoms with van der Waals surface area (Å²) in [6.07, 6.45) is 3.38. The second kappa shape index (κ2) is 5.15. The highest BCUT2D eigenvalue weighted by atomic mass is 14.9. The Morgan fingerprint density at radius 1 is 1.17 bits per heavy atom. The van der Waals surface area contributed by atoms with Crippen molar-refractivity contribution in [3.05, 3.63) is 35.0 Å². The van der Waals surface area contributed by atoms with Crippen LogP contribution in [0.5, 0.6) is 0 Å². The topological polar surface area (TPSA) is 17.0 Å². The summed E-state index contributed by atoms with van der Waals surface area (Å²) in [6, 6.07) is 5.01. The molecule has 1 aromatic carbocycles. The second-order valence-corrected chi connectivity index (χ2v) is 5.55. The normalized spacial score (nSPS) is 11.7. The Morgan fingerprint density at radius 3 is 2.50 bits per heavy atom. The van der Waals surface area contributed by atoms with E-state index in [4.69, 9.17) is 0 Å². The number of nitrogens with zero attached hydrogens (tertiary/aromatic N) is 1. The number of fused-ring (bicyclic) bond motifs is 1. The van der Waals surface area contributed by atoms with Gasteiger partial charge >= 0.3 is 0 Å². The van der Waals surface area contributed by atoms with E-state index in [1.54, 1.807) is 0 Å². The van der Waals surface area contributed by atoms with Crippen molar-refractivity contribution >= 4 is 10.9 Å². The molecule has 0 unspecified atom stereocenters. The van der Waals surface area contributed by atoms with Crippen molar-refractivity contribution in [2.75, 3.05) is 6.54 Å². The fourth-order valence-electron chi connectivity index (χ4n) is 2.70. The van der Waals surface area contributed by atoms with E-state index < -0.39 is 0 Å². The van der Waals surface area contributed by atoms with Gasteiger partial charge in [-0.1, -0.05) is 26.0 Å². The van der Waals surface area contributed by atoms with Crippen LogP contribution in [0.2, 0.25) is 0 Å². The minimum absolute atomic E-state index is 0.558. The van der Waals surface area contributed by atoms with E-state index in [1.165, 1.54) is 27.6 Å². The van der Waals surface area contributed by atoms with Crippen molar-refractivity contribution in [3.8, 4) is 0 Å². The van der Waals surface area contributed by atoms with Gasteiger partial charge in [-0.25, -0.2) is 0 Å². The lowest BCUT2D eigenvalue weighted by Gasteiger charge is -2.08. The molecule has 18 heavy (non-hydrogen) atoms. The number of hydrogen-bond donors (Lipinski definition) is 1. The van der Waals surface area contributed by atoms with Crippen LogP contribution in [0.25, 0.3) is 10.9 Å². The van der Waals surface area contributed by atoms with Gasteiger partial charge in [0, 0.05) is 24.7 Å². The molecule has 0 aliphatic carbocycles. The third-order valence-electron chi connectivity index (χ3n) is 3.56. The van der Waals surface area contributed by atoms with Crippen LogP contribution in [0, 0.1) is 13.8 Å². The molecule has 0 bridgehead atoms. The average molecular weight is 244 g/mol. The first-order valence-electron chi connectivity index (χ1n) is 6.78. The number of aryl methyl sites for hydroxylation is 3. The van der Waals surface area contributed by atoms with Crippen LogP contribution in [0.1, 0.15) is 30.5 Å². The zero-order chi connectivity index (χ0) is 13.3. The molecule has 1 aromatic heterocycles. The van der Waals surface area contributed by atoms with Crippen LogP contribution < -0.4 is 5.32 Å². The smallest absolute Gasteiger partial charge is 0.0512 e. The SMILES string of the molecule is Cc1ccc(C)c2c1c(CCNC(C)C)cn2C. The molecule has 2 rings (SSSR count). The van der Waals surface area contributed by atoms with Crippen LogP contribution in [0.4, 0.5) is 0 Å². The largest absolute Gasteiger partial charge is 0.350 e. The van der Waals surface area contributed by atoms with E-state index in [1.807, 2.05) is 0 Å². The van der Waals surface area contributed by atoms with Crippen molar-refractivity contribution < 1.29 is 0 Å². The van der Waals surface area contributed by atoms with E-state index in [0.717, 1.165) is 13.0 Å². The third-order valence-corrected chi connectivity index (χ3v) is 3.56. The summed E-state index contributed by atoms with van der Waals surface area (Å²) in [4.78, 5) is 0. The Hall–Kier alpha value is -1.28. The first kappa shape index (κ1) is 13.2. The molecule has 0 fully saturated rings. The van der Waals surface area contributed by atoms with Crippen molar-refractivity contribution in [1.82, 2.24) is 9.88 Å². The predicted octanol–water partition coefficient (Wildman–Crippen LogP) is 3.34. The van der Waals surface area contributed by atoms with Crippen LogP contribution in [-0.4, -0.2) is 17.2 Å². The highest BCUT2D eigenvalue weighted by Gasteiger charge is 2.10. The number of benzene rings is 1. The molecular formula is C16H24N2. The summed E-state index contributed by atoms with van der Waals surface area (Å²) in [6.45, 7) is 9.83. The van der Waals surface area contributed by atoms with Gasteiger partial charge in [0.1, 0.15) is 0 Å². The van der Waals surface area contributed by atoms with E-state index in [0.29, 0.717) is 6.04 Å². The lowest BCUT2D eigenvalue weighted by Crippen LogP contribution is -2.24. The molecule has 2 nitrogen and oxygen atoms in total. The average Bonchev–Trinajstić information content (AvgIpc) is 2.62. The summed E-state index contributed by atoms with van der Waals surface area (Å²) in [5, 5.41) is 4.94. The van der Waals surface area contributed by atoms with Crippen molar-refractivity contribution in [2.24, 2.45) is 7.05 Å². The molecule has 0 aliphatic rings. The summed E-state index contributed by atoms with van der Waals surface area (Å²) in [7, 11) is 2.15. The van der Waals surface area contributed by atoms with Gasteiger partial charge in [-0.2, -0.15) is 0 Å². The fraction of sp³-hybridized carbons (Fsp3) is 0.500. The Morgan fingerprint density at radius 2 is 1.83 bits per heavy atom. The highest BCUT2D eigenvalue weighted by molar-refractivity contribution is 5.89. The van der Waals surface area contributed by atoms with E-state index in [9.17, 15) is 0 Å². The molecule has 0 atom stereocenters. The van der Waals surface area contributed by atoms with Gasteiger partial charge in [-0.05, 0) is 43.5 Å². The molecule has 0 spiro atoms. The fourth-order valence-corrected chi connectivity index (χ4v) is 2.70. The maximum atomic E-state index is 3.49. The number of hydrogen-bond acceptors (Lipinski definition) is 1. The van der Waals surface area contributed by atoms with Gasteiger partial charge in [0.25, 0.3) is 0 Å². The first-order chi connectivity index (χ1) is 8.50. The molecule has 0 saturated heterocycles. The van der Waals surface area contributed by atoms with E-state index in [-0.39, 0.29) is 0 Å². The van der Waals surface area contributed by atoms with Crippen molar-refractivity contribution in [3.63, 3.8) is 0 Å². The molecule has 1 heterocycles. The highest BCUT2D eigenvalue weighted by Crippen LogP contribution is 2.27. The van der Waals surface area contributed by atoms with E-state index >= 15 is 0 Å². The first-order valence-corrected chi connectivity index (χ1v) is 6.78. The second-order valence-electron chi connectivity index (χ2n) is 5.55. The molecule has 0 aliphatic heterocycles. The maximum absolute atomic E-state index is 3.49. The predicted molar refractivity (Wildman–Crippen MR) is 79.2 cm³/mol. The van der Waals surface area contributed by atoms with Gasteiger partial charge in [-0.3, -0.25) is 0 Å². The molecule has 0 amide bonds. The Bertz CT molecular complexity index is 550.